The van der Waals surface area contributed by atoms with Crippen molar-refractivity contribution in [3.8, 4) is 0 Å². The van der Waals surface area contributed by atoms with E-state index in [0.717, 1.165) is 0 Å². The van der Waals surface area contributed by atoms with Crippen molar-refractivity contribution < 1.29 is 32.7 Å². The van der Waals surface area contributed by atoms with Crippen molar-refractivity contribution in [3.05, 3.63) is 30.3 Å². The van der Waals surface area contributed by atoms with Gasteiger partial charge in [-0.05, 0) is 50.4 Å². The second-order valence-corrected chi connectivity index (χ2v) is 12.5. The van der Waals surface area contributed by atoms with Crippen LogP contribution in [0, 0.1) is 5.41 Å². The number of ether oxygens (including phenoxy) is 2. The molecule has 0 bridgehead atoms. The van der Waals surface area contributed by atoms with Crippen LogP contribution in [0.1, 0.15) is 40.5 Å². The van der Waals surface area contributed by atoms with Gasteiger partial charge in [0.2, 0.25) is 0 Å². The van der Waals surface area contributed by atoms with E-state index >= 15 is 0 Å². The number of anilines is 1. The number of nitrogens with one attached hydrogen (secondary N) is 1. The predicted octanol–water partition coefficient (Wildman–Crippen LogP) is 4.19. The van der Waals surface area contributed by atoms with Gasteiger partial charge in [0.1, 0.15) is 6.04 Å². The number of para-hydroxylation sites is 1. The van der Waals surface area contributed by atoms with Crippen molar-refractivity contribution in [2.75, 3.05) is 39.3 Å². The van der Waals surface area contributed by atoms with E-state index in [0.29, 0.717) is 18.2 Å². The van der Waals surface area contributed by atoms with Crippen LogP contribution < -0.4 is 5.32 Å². The van der Waals surface area contributed by atoms with Crippen molar-refractivity contribution in [2.24, 2.45) is 5.41 Å². The minimum atomic E-state index is -2.33. The summed E-state index contributed by atoms with van der Waals surface area (Å²) in [7, 11) is 0.945. The zero-order valence-corrected chi connectivity index (χ0v) is 22.5. The van der Waals surface area contributed by atoms with Crippen molar-refractivity contribution >= 4 is 32.2 Å². The maximum Gasteiger partial charge on any atom is 0.334 e. The number of carbonyl (C=O) groups is 3. The quantitative estimate of drug-likeness (QED) is 0.304. The summed E-state index contributed by atoms with van der Waals surface area (Å²) in [6.07, 6.45) is 0.384. The first-order valence-corrected chi connectivity index (χ1v) is 14.1. The molecule has 1 aromatic rings. The summed E-state index contributed by atoms with van der Waals surface area (Å²) in [5.74, 6) is -1.22. The van der Waals surface area contributed by atoms with E-state index in [1.807, 2.05) is 26.5 Å². The second-order valence-electron chi connectivity index (χ2n) is 8.91. The summed E-state index contributed by atoms with van der Waals surface area (Å²) in [5.41, 5.74) is 0.159. The minimum absolute atomic E-state index is 0.126. The molecule has 1 unspecified atom stereocenters. The number of rotatable bonds is 14. The first-order valence-electron chi connectivity index (χ1n) is 11.6. The number of urea groups is 1. The van der Waals surface area contributed by atoms with Gasteiger partial charge in [0.05, 0.1) is 19.6 Å². The Labute approximate surface area is 204 Å². The molecule has 0 aliphatic heterocycles. The highest BCUT2D eigenvalue weighted by Gasteiger charge is 2.39. The highest BCUT2D eigenvalue weighted by molar-refractivity contribution is 6.65. The van der Waals surface area contributed by atoms with Gasteiger partial charge in [0, 0.05) is 26.5 Å². The molecular formula is C24H40N2O7Si. The molecule has 10 heteroatoms. The average Bonchev–Trinajstić information content (AvgIpc) is 2.80. The number of hydrogen-bond donors (Lipinski definition) is 1. The molecule has 2 amide bonds. The van der Waals surface area contributed by atoms with Crippen LogP contribution in [0.3, 0.4) is 0 Å². The lowest BCUT2D eigenvalue weighted by atomic mass is 9.89. The van der Waals surface area contributed by atoms with Gasteiger partial charge in [0.15, 0.2) is 0 Å². The highest BCUT2D eigenvalue weighted by Crippen LogP contribution is 2.30. The summed E-state index contributed by atoms with van der Waals surface area (Å²) in [6, 6.07) is 8.00. The fraction of sp³-hybridized carbons (Fsp3) is 0.625. The Morgan fingerprint density at radius 2 is 1.62 bits per heavy atom. The summed E-state index contributed by atoms with van der Waals surface area (Å²) in [5, 5.41) is 2.83. The lowest BCUT2D eigenvalue weighted by molar-refractivity contribution is -0.155. The van der Waals surface area contributed by atoms with Crippen LogP contribution in [0.25, 0.3) is 0 Å². The maximum absolute atomic E-state index is 13.4. The Hall–Kier alpha value is -2.43. The zero-order chi connectivity index (χ0) is 25.8. The van der Waals surface area contributed by atoms with E-state index in [1.54, 1.807) is 52.3 Å². The third-order valence-electron chi connectivity index (χ3n) is 5.60. The first kappa shape index (κ1) is 29.6. The van der Waals surface area contributed by atoms with Gasteiger partial charge in [-0.25, -0.2) is 9.59 Å². The number of hydrogen-bond acceptors (Lipinski definition) is 7. The van der Waals surface area contributed by atoms with Gasteiger partial charge in [0.25, 0.3) is 0 Å². The predicted molar refractivity (Wildman–Crippen MR) is 133 cm³/mol. The third-order valence-corrected chi connectivity index (χ3v) is 8.49. The van der Waals surface area contributed by atoms with Gasteiger partial charge in [-0.2, -0.15) is 0 Å². The van der Waals surface area contributed by atoms with Crippen molar-refractivity contribution in [2.45, 2.75) is 59.2 Å². The summed E-state index contributed by atoms with van der Waals surface area (Å²) in [4.78, 5) is 40.0. The molecule has 1 atom stereocenters. The van der Waals surface area contributed by atoms with Crippen molar-refractivity contribution in [1.82, 2.24) is 4.90 Å². The second kappa shape index (κ2) is 14.1. The summed E-state index contributed by atoms with van der Waals surface area (Å²) >= 11 is 0. The Morgan fingerprint density at radius 1 is 1.03 bits per heavy atom. The smallest absolute Gasteiger partial charge is 0.334 e. The van der Waals surface area contributed by atoms with Crippen molar-refractivity contribution in [3.63, 3.8) is 0 Å². The normalized spacial score (nSPS) is 12.6. The molecule has 0 saturated carbocycles. The van der Waals surface area contributed by atoms with Gasteiger partial charge >= 0.3 is 26.5 Å². The Morgan fingerprint density at radius 3 is 2.15 bits per heavy atom. The largest absolute Gasteiger partial charge is 0.466 e. The van der Waals surface area contributed by atoms with Crippen molar-refractivity contribution in [1.29, 1.82) is 0 Å². The fourth-order valence-electron chi connectivity index (χ4n) is 3.37. The maximum atomic E-state index is 13.4. The molecule has 0 spiro atoms. The number of benzene rings is 1. The molecule has 0 aromatic heterocycles. The minimum Gasteiger partial charge on any atom is -0.466 e. The van der Waals surface area contributed by atoms with Gasteiger partial charge in [-0.15, -0.1) is 0 Å². The number of esters is 2. The van der Waals surface area contributed by atoms with Gasteiger partial charge in [-0.1, -0.05) is 32.0 Å². The van der Waals surface area contributed by atoms with Crippen LogP contribution in [0.4, 0.5) is 10.5 Å². The van der Waals surface area contributed by atoms with E-state index in [-0.39, 0.29) is 26.2 Å². The Bertz CT molecular complexity index is 785. The third kappa shape index (κ3) is 9.82. The molecule has 0 saturated heterocycles. The molecular weight excluding hydrogens is 456 g/mol. The molecule has 1 aromatic carbocycles. The fourth-order valence-corrected chi connectivity index (χ4v) is 5.08. The SMILES string of the molecule is CCOC(=O)CC(C(=O)OCC)N(CC(C)(C)CC[Si](C)(OC)OC)C(=O)Nc1ccccc1. The molecule has 0 radical (unpaired) electrons. The zero-order valence-electron chi connectivity index (χ0n) is 21.5. The average molecular weight is 497 g/mol. The molecule has 34 heavy (non-hydrogen) atoms. The molecule has 0 fully saturated rings. The Kier molecular flexibility index (Phi) is 12.3. The van der Waals surface area contributed by atoms with Crippen LogP contribution in [0.5, 0.6) is 0 Å². The Balaban J connectivity index is 3.25. The van der Waals surface area contributed by atoms with E-state index in [4.69, 9.17) is 18.3 Å². The van der Waals surface area contributed by atoms with Crippen LogP contribution in [0.2, 0.25) is 12.6 Å². The monoisotopic (exact) mass is 496 g/mol. The molecule has 0 aliphatic carbocycles. The van der Waals surface area contributed by atoms with Crippen LogP contribution in [0.15, 0.2) is 30.3 Å². The number of carbonyl (C=O) groups excluding carboxylic acids is 3. The van der Waals surface area contributed by atoms with Gasteiger partial charge < -0.3 is 28.5 Å². The molecule has 1 N–H and O–H groups in total. The van der Waals surface area contributed by atoms with E-state index in [1.165, 1.54) is 4.90 Å². The molecule has 0 heterocycles. The van der Waals surface area contributed by atoms with E-state index < -0.39 is 38.0 Å². The van der Waals surface area contributed by atoms with Gasteiger partial charge in [-0.3, -0.25) is 4.79 Å². The van der Waals surface area contributed by atoms with Crippen LogP contribution in [-0.4, -0.2) is 71.5 Å². The summed E-state index contributed by atoms with van der Waals surface area (Å²) in [6.45, 7) is 9.85. The van der Waals surface area contributed by atoms with Crippen LogP contribution in [-0.2, 0) is 27.9 Å². The van der Waals surface area contributed by atoms with E-state index in [2.05, 4.69) is 5.32 Å². The standard InChI is InChI=1S/C24H40N2O7Si/c1-8-32-21(27)17-20(22(28)33-9-2)26(23(29)25-19-13-11-10-12-14-19)18-24(3,4)15-16-34(7,30-5)31-6/h10-14,20H,8-9,15-18H2,1-7H3,(H,25,29). The topological polar surface area (TPSA) is 103 Å². The molecule has 0 aliphatic rings. The number of nitrogens with zero attached hydrogens (tertiary/aromatic N) is 1. The lowest BCUT2D eigenvalue weighted by Gasteiger charge is -2.37. The first-order chi connectivity index (χ1) is 16.0. The molecule has 192 valence electrons. The highest BCUT2D eigenvalue weighted by atomic mass is 28.4. The summed E-state index contributed by atoms with van der Waals surface area (Å²) < 4.78 is 21.5. The number of amides is 2. The van der Waals surface area contributed by atoms with Crippen LogP contribution >= 0.6 is 0 Å². The van der Waals surface area contributed by atoms with E-state index in [9.17, 15) is 14.4 Å². The lowest BCUT2D eigenvalue weighted by Crippen LogP contribution is -2.52. The molecule has 9 nitrogen and oxygen atoms in total. The molecule has 1 rings (SSSR count).